The quantitative estimate of drug-likeness (QED) is 0.175. The molecule has 57 heavy (non-hydrogen) atoms. The van der Waals surface area contributed by atoms with Crippen molar-refractivity contribution in [3.05, 3.63) is 138 Å². The fourth-order valence-corrected chi connectivity index (χ4v) is 8.14. The van der Waals surface area contributed by atoms with Crippen molar-refractivity contribution < 1.29 is 4.74 Å². The van der Waals surface area contributed by atoms with Gasteiger partial charge in [0, 0.05) is 41.0 Å². The Kier molecular flexibility index (Phi) is 9.06. The summed E-state index contributed by atoms with van der Waals surface area (Å²) in [6, 6.07) is 34.8. The lowest BCUT2D eigenvalue weighted by atomic mass is 9.74. The van der Waals surface area contributed by atoms with E-state index in [1.54, 1.807) is 0 Å². The Labute approximate surface area is 339 Å². The van der Waals surface area contributed by atoms with Gasteiger partial charge in [0.1, 0.15) is 24.0 Å². The third kappa shape index (κ3) is 7.04. The van der Waals surface area contributed by atoms with Crippen LogP contribution < -0.4 is 14.5 Å². The van der Waals surface area contributed by atoms with Crippen LogP contribution >= 0.6 is 0 Å². The zero-order chi connectivity index (χ0) is 40.7. The summed E-state index contributed by atoms with van der Waals surface area (Å²) in [5.41, 5.74) is 11.9. The van der Waals surface area contributed by atoms with Gasteiger partial charge < -0.3 is 14.5 Å². The van der Waals surface area contributed by atoms with E-state index in [1.165, 1.54) is 33.3 Å². The molecule has 0 saturated heterocycles. The largest absolute Gasteiger partial charge is 0.457 e. The van der Waals surface area contributed by atoms with Gasteiger partial charge >= 0.3 is 0 Å². The Hall–Kier alpha value is -5.62. The van der Waals surface area contributed by atoms with Crippen LogP contribution in [0, 0.1) is 0 Å². The molecule has 0 atom stereocenters. The van der Waals surface area contributed by atoms with Gasteiger partial charge in [-0.3, -0.25) is 9.55 Å². The van der Waals surface area contributed by atoms with Crippen LogP contribution in [-0.2, 0) is 21.7 Å². The highest BCUT2D eigenvalue weighted by Gasteiger charge is 2.37. The number of nitrogens with zero attached hydrogens (tertiary/aromatic N) is 5. The molecule has 292 valence electrons. The summed E-state index contributed by atoms with van der Waals surface area (Å²) in [5.74, 6) is 2.44. The number of para-hydroxylation sites is 1. The van der Waals surface area contributed by atoms with Crippen LogP contribution in [0.3, 0.4) is 0 Å². The van der Waals surface area contributed by atoms with Gasteiger partial charge in [0.25, 0.3) is 0 Å². The number of aromatic nitrogens is 3. The summed E-state index contributed by atoms with van der Waals surface area (Å²) in [6.07, 6.45) is 5.84. The lowest BCUT2D eigenvalue weighted by Crippen LogP contribution is -2.31. The topological polar surface area (TPSA) is 46.4 Å². The molecular weight excluding hydrogens is 699 g/mol. The lowest BCUT2D eigenvalue weighted by Gasteiger charge is -2.37. The van der Waals surface area contributed by atoms with E-state index < -0.39 is 0 Å². The predicted molar refractivity (Wildman–Crippen MR) is 240 cm³/mol. The van der Waals surface area contributed by atoms with Gasteiger partial charge in [0.05, 0.1) is 34.3 Å². The number of ether oxygens (including phenoxy) is 1. The van der Waals surface area contributed by atoms with Gasteiger partial charge in [-0.05, 0) is 92.4 Å². The smallest absolute Gasteiger partial charge is 0.137 e. The first-order valence-corrected chi connectivity index (χ1v) is 20.3. The summed E-state index contributed by atoms with van der Waals surface area (Å²) in [5, 5.41) is 2.35. The van der Waals surface area contributed by atoms with Crippen molar-refractivity contribution in [2.75, 3.05) is 16.5 Å². The van der Waals surface area contributed by atoms with E-state index in [9.17, 15) is 0 Å². The molecule has 0 aliphatic carbocycles. The van der Waals surface area contributed by atoms with Crippen molar-refractivity contribution >= 4 is 44.6 Å². The second-order valence-corrected chi connectivity index (χ2v) is 19.8. The van der Waals surface area contributed by atoms with E-state index in [4.69, 9.17) is 9.72 Å². The summed E-state index contributed by atoms with van der Waals surface area (Å²) in [6.45, 7) is 28.3. The number of rotatable bonds is 5. The molecule has 8 rings (SSSR count). The van der Waals surface area contributed by atoms with Gasteiger partial charge in [0.2, 0.25) is 0 Å². The van der Waals surface area contributed by atoms with Gasteiger partial charge in [-0.1, -0.05) is 119 Å². The summed E-state index contributed by atoms with van der Waals surface area (Å²) in [7, 11) is 0. The second kappa shape index (κ2) is 13.5. The molecule has 0 spiro atoms. The van der Waals surface area contributed by atoms with Gasteiger partial charge in [-0.2, -0.15) is 0 Å². The third-order valence-electron chi connectivity index (χ3n) is 11.4. The summed E-state index contributed by atoms with van der Waals surface area (Å²) < 4.78 is 9.00. The van der Waals surface area contributed by atoms with Gasteiger partial charge in [-0.25, -0.2) is 4.98 Å². The fourth-order valence-electron chi connectivity index (χ4n) is 8.14. The van der Waals surface area contributed by atoms with Crippen LogP contribution in [0.2, 0.25) is 0 Å². The third-order valence-corrected chi connectivity index (χ3v) is 11.4. The summed E-state index contributed by atoms with van der Waals surface area (Å²) >= 11 is 0. The molecule has 1 aliphatic heterocycles. The number of pyridine rings is 2. The Bertz CT molecular complexity index is 2610. The van der Waals surface area contributed by atoms with Gasteiger partial charge in [-0.15, -0.1) is 0 Å². The molecule has 0 radical (unpaired) electrons. The van der Waals surface area contributed by atoms with Crippen LogP contribution in [0.25, 0.3) is 27.6 Å². The number of anilines is 4. The highest BCUT2D eigenvalue weighted by molar-refractivity contribution is 6.09. The molecule has 4 heterocycles. The maximum Gasteiger partial charge on any atom is 0.137 e. The van der Waals surface area contributed by atoms with Crippen molar-refractivity contribution in [3.8, 4) is 17.3 Å². The van der Waals surface area contributed by atoms with Crippen LogP contribution in [0.1, 0.15) is 105 Å². The monoisotopic (exact) mass is 755 g/mol. The van der Waals surface area contributed by atoms with E-state index in [-0.39, 0.29) is 21.7 Å². The summed E-state index contributed by atoms with van der Waals surface area (Å²) in [4.78, 5) is 14.4. The number of benzene rings is 4. The van der Waals surface area contributed by atoms with Crippen LogP contribution in [0.15, 0.2) is 116 Å². The maximum atomic E-state index is 6.74. The molecule has 7 aromatic rings. The highest BCUT2D eigenvalue weighted by atomic mass is 16.5. The molecule has 0 saturated carbocycles. The van der Waals surface area contributed by atoms with E-state index in [2.05, 4.69) is 193 Å². The first-order valence-electron chi connectivity index (χ1n) is 20.3. The molecule has 0 unspecified atom stereocenters. The van der Waals surface area contributed by atoms with E-state index >= 15 is 0 Å². The van der Waals surface area contributed by atoms with Crippen molar-refractivity contribution in [1.29, 1.82) is 0 Å². The van der Waals surface area contributed by atoms with Crippen molar-refractivity contribution in [2.45, 2.75) is 105 Å². The minimum atomic E-state index is -0.0849. The average molecular weight is 756 g/mol. The number of fused-ring (bicyclic) bond motifs is 4. The molecule has 0 fully saturated rings. The predicted octanol–water partition coefficient (Wildman–Crippen LogP) is 13.8. The molecule has 3 aromatic heterocycles. The molecule has 0 amide bonds. The average Bonchev–Trinajstić information content (AvgIpc) is 3.69. The molecule has 6 nitrogen and oxygen atoms in total. The first-order chi connectivity index (χ1) is 26.8. The highest BCUT2D eigenvalue weighted by Crippen LogP contribution is 2.51. The number of hydrogen-bond acceptors (Lipinski definition) is 5. The molecule has 0 bridgehead atoms. The van der Waals surface area contributed by atoms with E-state index in [0.717, 1.165) is 50.8 Å². The molecule has 6 heteroatoms. The Balaban J connectivity index is 1.19. The van der Waals surface area contributed by atoms with Crippen LogP contribution in [0.4, 0.5) is 22.7 Å². The minimum absolute atomic E-state index is 0.000218. The van der Waals surface area contributed by atoms with E-state index in [1.807, 2.05) is 24.7 Å². The molecule has 0 N–H and O–H groups in total. The van der Waals surface area contributed by atoms with Gasteiger partial charge in [0.15, 0.2) is 0 Å². The minimum Gasteiger partial charge on any atom is -0.457 e. The zero-order valence-corrected chi connectivity index (χ0v) is 35.8. The van der Waals surface area contributed by atoms with Crippen LogP contribution in [-0.4, -0.2) is 21.2 Å². The lowest BCUT2D eigenvalue weighted by molar-refractivity contribution is 0.483. The molecular formula is C51H57N5O. The Morgan fingerprint density at radius 1 is 0.526 bits per heavy atom. The SMILES string of the molecule is CC(C)(C)c1ccnc(-n2c3ccccc3c3ccc(Oc4cccc(N5CN(c6c(C(C)(C)C)cc(C(C)(C)C)cc6C(C)(C)C)c6cnccc65)c4)cc32)c1. The second-order valence-electron chi connectivity index (χ2n) is 19.8. The molecule has 1 aliphatic rings. The first kappa shape index (κ1) is 38.3. The van der Waals surface area contributed by atoms with Crippen LogP contribution in [0.5, 0.6) is 11.5 Å². The van der Waals surface area contributed by atoms with E-state index in [0.29, 0.717) is 6.67 Å². The maximum absolute atomic E-state index is 6.74. The van der Waals surface area contributed by atoms with Crippen molar-refractivity contribution in [1.82, 2.24) is 14.5 Å². The van der Waals surface area contributed by atoms with Crippen molar-refractivity contribution in [2.24, 2.45) is 0 Å². The number of hydrogen-bond donors (Lipinski definition) is 0. The standard InChI is InChI=1S/C51H57N5O/c1-48(2,3)33-22-25-53-46(28-33)56-42-19-14-13-18-38(42)39-21-20-37(30-44(39)56)57-36-17-15-16-35(29-36)54-32-55(45-31-52-24-23-43(45)54)47-40(50(7,8)9)26-34(49(4,5)6)27-41(47)51(10,11)12/h13-31H,32H2,1-12H3. The fraction of sp³-hybridized carbons (Fsp3) is 0.333. The Morgan fingerprint density at radius 3 is 1.88 bits per heavy atom. The molecule has 4 aromatic carbocycles. The zero-order valence-electron chi connectivity index (χ0n) is 35.8. The Morgan fingerprint density at radius 2 is 1.19 bits per heavy atom. The normalized spacial score (nSPS) is 13.8. The van der Waals surface area contributed by atoms with Crippen molar-refractivity contribution in [3.63, 3.8) is 0 Å².